The molecule has 150 valence electrons. The highest BCUT2D eigenvalue weighted by atomic mass is 32.2. The van der Waals surface area contributed by atoms with Gasteiger partial charge in [-0.2, -0.15) is 9.78 Å². The molecule has 29 heavy (non-hydrogen) atoms. The quantitative estimate of drug-likeness (QED) is 0.630. The minimum absolute atomic E-state index is 0.129. The van der Waals surface area contributed by atoms with Crippen LogP contribution >= 0.6 is 11.8 Å². The molecule has 0 aliphatic carbocycles. The predicted octanol–water partition coefficient (Wildman–Crippen LogP) is 4.62. The molecule has 7 heteroatoms. The number of methoxy groups -OCH3 is 2. The Balaban J connectivity index is 1.71. The number of fused-ring (bicyclic) bond motifs is 1. The zero-order valence-corrected chi connectivity index (χ0v) is 18.1. The SMILES string of the molecule is COc1ccc(-c2nnc3n2N=C(c2ccc(C(C)(C)C)cc2)CS3)cc1OC. The lowest BCUT2D eigenvalue weighted by molar-refractivity contribution is 0.355. The Labute approximate surface area is 175 Å². The Kier molecular flexibility index (Phi) is 5.08. The number of benzene rings is 2. The van der Waals surface area contributed by atoms with Crippen molar-refractivity contribution in [2.24, 2.45) is 5.10 Å². The Morgan fingerprint density at radius 2 is 1.59 bits per heavy atom. The molecular formula is C22H24N4O2S. The zero-order chi connectivity index (χ0) is 20.6. The molecule has 0 fully saturated rings. The average molecular weight is 409 g/mol. The second kappa shape index (κ2) is 7.55. The largest absolute Gasteiger partial charge is 0.493 e. The van der Waals surface area contributed by atoms with Crippen molar-refractivity contribution in [3.05, 3.63) is 53.6 Å². The summed E-state index contributed by atoms with van der Waals surface area (Å²) >= 11 is 1.64. The fourth-order valence-electron chi connectivity index (χ4n) is 3.19. The minimum Gasteiger partial charge on any atom is -0.493 e. The van der Waals surface area contributed by atoms with E-state index in [2.05, 4.69) is 55.2 Å². The van der Waals surface area contributed by atoms with Gasteiger partial charge in [0.15, 0.2) is 17.3 Å². The van der Waals surface area contributed by atoms with Crippen LogP contribution in [0.1, 0.15) is 31.9 Å². The number of rotatable bonds is 4. The molecule has 2 aromatic carbocycles. The number of nitrogens with zero attached hydrogens (tertiary/aromatic N) is 4. The van der Waals surface area contributed by atoms with Gasteiger partial charge < -0.3 is 9.47 Å². The van der Waals surface area contributed by atoms with Crippen LogP contribution in [0.3, 0.4) is 0 Å². The molecule has 6 nitrogen and oxygen atoms in total. The summed E-state index contributed by atoms with van der Waals surface area (Å²) in [6.07, 6.45) is 0. The monoisotopic (exact) mass is 408 g/mol. The van der Waals surface area contributed by atoms with Gasteiger partial charge in [0.05, 0.1) is 19.9 Å². The molecule has 0 atom stereocenters. The first kappa shape index (κ1) is 19.5. The van der Waals surface area contributed by atoms with Crippen LogP contribution in [0.2, 0.25) is 0 Å². The lowest BCUT2D eigenvalue weighted by Crippen LogP contribution is -2.15. The van der Waals surface area contributed by atoms with Crippen LogP contribution in [0.5, 0.6) is 11.5 Å². The molecule has 3 aromatic rings. The molecule has 2 heterocycles. The number of ether oxygens (including phenoxy) is 2. The number of hydrogen-bond donors (Lipinski definition) is 0. The smallest absolute Gasteiger partial charge is 0.212 e. The van der Waals surface area contributed by atoms with Gasteiger partial charge >= 0.3 is 0 Å². The maximum absolute atomic E-state index is 5.42. The van der Waals surface area contributed by atoms with E-state index in [-0.39, 0.29) is 5.41 Å². The van der Waals surface area contributed by atoms with Crippen LogP contribution in [-0.2, 0) is 5.41 Å². The third kappa shape index (κ3) is 3.74. The molecule has 0 spiro atoms. The van der Waals surface area contributed by atoms with E-state index in [4.69, 9.17) is 14.6 Å². The van der Waals surface area contributed by atoms with Crippen molar-refractivity contribution in [1.29, 1.82) is 0 Å². The van der Waals surface area contributed by atoms with Crippen molar-refractivity contribution in [1.82, 2.24) is 14.9 Å². The third-order valence-electron chi connectivity index (χ3n) is 4.90. The van der Waals surface area contributed by atoms with Crippen molar-refractivity contribution in [2.45, 2.75) is 31.3 Å². The first-order valence-electron chi connectivity index (χ1n) is 9.40. The van der Waals surface area contributed by atoms with Crippen molar-refractivity contribution in [3.63, 3.8) is 0 Å². The maximum Gasteiger partial charge on any atom is 0.212 e. The minimum atomic E-state index is 0.129. The predicted molar refractivity (Wildman–Crippen MR) is 116 cm³/mol. The van der Waals surface area contributed by atoms with Gasteiger partial charge in [-0.3, -0.25) is 0 Å². The lowest BCUT2D eigenvalue weighted by atomic mass is 9.86. The van der Waals surface area contributed by atoms with E-state index in [0.717, 1.165) is 27.7 Å². The van der Waals surface area contributed by atoms with E-state index < -0.39 is 0 Å². The fourth-order valence-corrected chi connectivity index (χ4v) is 4.03. The van der Waals surface area contributed by atoms with Crippen molar-refractivity contribution >= 4 is 17.5 Å². The second-order valence-electron chi connectivity index (χ2n) is 7.85. The fraction of sp³-hybridized carbons (Fsp3) is 0.318. The van der Waals surface area contributed by atoms with Crippen LogP contribution in [0.15, 0.2) is 52.7 Å². The normalized spacial score (nSPS) is 13.6. The first-order valence-corrected chi connectivity index (χ1v) is 10.4. The van der Waals surface area contributed by atoms with Gasteiger partial charge in [0.2, 0.25) is 5.16 Å². The number of thioether (sulfide) groups is 1. The van der Waals surface area contributed by atoms with E-state index in [1.807, 2.05) is 22.9 Å². The van der Waals surface area contributed by atoms with Crippen LogP contribution in [-0.4, -0.2) is 40.6 Å². The highest BCUT2D eigenvalue weighted by Crippen LogP contribution is 2.34. The Morgan fingerprint density at radius 3 is 2.24 bits per heavy atom. The number of hydrogen-bond acceptors (Lipinski definition) is 6. The third-order valence-corrected chi connectivity index (χ3v) is 5.83. The summed E-state index contributed by atoms with van der Waals surface area (Å²) in [4.78, 5) is 0. The molecule has 0 unspecified atom stereocenters. The Morgan fingerprint density at radius 1 is 0.897 bits per heavy atom. The maximum atomic E-state index is 5.42. The number of aromatic nitrogens is 3. The van der Waals surface area contributed by atoms with E-state index >= 15 is 0 Å². The first-order chi connectivity index (χ1) is 13.9. The standard InChI is InChI=1S/C22H24N4O2S/c1-22(2,3)16-9-6-14(7-10-16)17-13-29-21-24-23-20(26(21)25-17)15-8-11-18(27-4)19(12-15)28-5/h6-12H,13H2,1-5H3. The molecular weight excluding hydrogens is 384 g/mol. The highest BCUT2D eigenvalue weighted by molar-refractivity contribution is 7.99. The summed E-state index contributed by atoms with van der Waals surface area (Å²) in [5.41, 5.74) is 4.42. The lowest BCUT2D eigenvalue weighted by Gasteiger charge is -2.20. The van der Waals surface area contributed by atoms with Gasteiger partial charge in [-0.25, -0.2) is 0 Å². The van der Waals surface area contributed by atoms with Gasteiger partial charge in [-0.15, -0.1) is 10.2 Å². The van der Waals surface area contributed by atoms with Crippen LogP contribution < -0.4 is 9.47 Å². The summed E-state index contributed by atoms with van der Waals surface area (Å²) < 4.78 is 12.6. The van der Waals surface area contributed by atoms with E-state index in [0.29, 0.717) is 17.3 Å². The van der Waals surface area contributed by atoms with Gasteiger partial charge in [0.1, 0.15) is 0 Å². The van der Waals surface area contributed by atoms with E-state index in [1.165, 1.54) is 5.56 Å². The van der Waals surface area contributed by atoms with Crippen LogP contribution in [0.4, 0.5) is 0 Å². The molecule has 0 amide bonds. The molecule has 0 saturated heterocycles. The summed E-state index contributed by atoms with van der Waals surface area (Å²) in [6, 6.07) is 14.3. The van der Waals surface area contributed by atoms with Crippen LogP contribution in [0, 0.1) is 0 Å². The topological polar surface area (TPSA) is 61.5 Å². The molecule has 0 N–H and O–H groups in total. The molecule has 1 aromatic heterocycles. The zero-order valence-electron chi connectivity index (χ0n) is 17.3. The van der Waals surface area contributed by atoms with Crippen LogP contribution in [0.25, 0.3) is 11.4 Å². The van der Waals surface area contributed by atoms with Crippen molar-refractivity contribution in [3.8, 4) is 22.9 Å². The summed E-state index contributed by atoms with van der Waals surface area (Å²) in [6.45, 7) is 6.65. The molecule has 4 rings (SSSR count). The molecule has 0 bridgehead atoms. The second-order valence-corrected chi connectivity index (χ2v) is 8.79. The van der Waals surface area contributed by atoms with E-state index in [9.17, 15) is 0 Å². The van der Waals surface area contributed by atoms with Gasteiger partial charge in [0, 0.05) is 11.3 Å². The molecule has 1 aliphatic heterocycles. The van der Waals surface area contributed by atoms with Gasteiger partial charge in [-0.05, 0) is 34.7 Å². The summed E-state index contributed by atoms with van der Waals surface area (Å²) in [5.74, 6) is 2.76. The molecule has 1 aliphatic rings. The van der Waals surface area contributed by atoms with Crippen molar-refractivity contribution in [2.75, 3.05) is 20.0 Å². The van der Waals surface area contributed by atoms with Gasteiger partial charge in [-0.1, -0.05) is 56.8 Å². The Hall–Kier alpha value is -2.80. The molecule has 0 saturated carbocycles. The summed E-state index contributed by atoms with van der Waals surface area (Å²) in [5, 5.41) is 14.3. The Bertz CT molecular complexity index is 1070. The highest BCUT2D eigenvalue weighted by Gasteiger charge is 2.22. The van der Waals surface area contributed by atoms with Crippen molar-refractivity contribution < 1.29 is 9.47 Å². The summed E-state index contributed by atoms with van der Waals surface area (Å²) in [7, 11) is 3.24. The average Bonchev–Trinajstić information content (AvgIpc) is 3.16. The van der Waals surface area contributed by atoms with E-state index in [1.54, 1.807) is 26.0 Å². The van der Waals surface area contributed by atoms with Gasteiger partial charge in [0.25, 0.3) is 0 Å². The molecule has 0 radical (unpaired) electrons.